The number of fused-ring (bicyclic) bond motifs is 1. The molecule has 0 fully saturated rings. The van der Waals surface area contributed by atoms with Crippen LogP contribution in [0.2, 0.25) is 0 Å². The van der Waals surface area contributed by atoms with Gasteiger partial charge in [0.25, 0.3) is 0 Å². The summed E-state index contributed by atoms with van der Waals surface area (Å²) < 4.78 is 0. The van der Waals surface area contributed by atoms with E-state index in [1.54, 1.807) is 6.07 Å². The van der Waals surface area contributed by atoms with Crippen LogP contribution >= 0.6 is 0 Å². The summed E-state index contributed by atoms with van der Waals surface area (Å²) in [7, 11) is 0. The molecule has 6 heteroatoms. The van der Waals surface area contributed by atoms with Gasteiger partial charge in [-0.3, -0.25) is 10.1 Å². The first-order valence-electron chi connectivity index (χ1n) is 5.57. The molecule has 0 amide bonds. The minimum absolute atomic E-state index is 0.320. The van der Waals surface area contributed by atoms with Crippen LogP contribution in [0.15, 0.2) is 42.5 Å². The lowest BCUT2D eigenvalue weighted by atomic mass is 10.2. The number of nitro groups is 1. The van der Waals surface area contributed by atoms with Crippen molar-refractivity contribution >= 4 is 16.7 Å². The summed E-state index contributed by atoms with van der Waals surface area (Å²) in [4.78, 5) is 17.5. The standard InChI is InChI=1S/C13H9N3O3/c17-12-7-8(5-6-11(12)16(18)19)13-14-9-3-1-2-4-10(9)15-13/h1-7,17H,(H,14,15). The van der Waals surface area contributed by atoms with E-state index in [0.717, 1.165) is 11.0 Å². The molecule has 6 nitrogen and oxygen atoms in total. The third-order valence-electron chi connectivity index (χ3n) is 2.83. The van der Waals surface area contributed by atoms with Crippen LogP contribution in [0.5, 0.6) is 5.75 Å². The number of phenolic OH excluding ortho intramolecular Hbond substituents is 1. The second kappa shape index (κ2) is 4.09. The van der Waals surface area contributed by atoms with Crippen LogP contribution in [0, 0.1) is 10.1 Å². The van der Waals surface area contributed by atoms with Crippen LogP contribution < -0.4 is 0 Å². The molecule has 0 saturated heterocycles. The molecule has 0 aliphatic rings. The lowest BCUT2D eigenvalue weighted by Crippen LogP contribution is -1.89. The summed E-state index contributed by atoms with van der Waals surface area (Å²) in [5.41, 5.74) is 1.95. The zero-order valence-corrected chi connectivity index (χ0v) is 9.70. The fourth-order valence-electron chi connectivity index (χ4n) is 1.91. The lowest BCUT2D eigenvalue weighted by Gasteiger charge is -1.99. The summed E-state index contributed by atoms with van der Waals surface area (Å²) in [6.45, 7) is 0. The zero-order valence-electron chi connectivity index (χ0n) is 9.70. The molecule has 0 atom stereocenters. The van der Waals surface area contributed by atoms with Crippen LogP contribution in [0.25, 0.3) is 22.4 Å². The SMILES string of the molecule is O=[N+]([O-])c1ccc(-c2nc3ccccc3[nH]2)cc1O. The fourth-order valence-corrected chi connectivity index (χ4v) is 1.91. The van der Waals surface area contributed by atoms with E-state index >= 15 is 0 Å². The number of aromatic amines is 1. The first-order chi connectivity index (χ1) is 9.15. The van der Waals surface area contributed by atoms with Crippen molar-refractivity contribution in [3.8, 4) is 17.1 Å². The molecular weight excluding hydrogens is 246 g/mol. The van der Waals surface area contributed by atoms with E-state index in [1.165, 1.54) is 12.1 Å². The molecule has 1 heterocycles. The Labute approximate surface area is 107 Å². The van der Waals surface area contributed by atoms with E-state index in [-0.39, 0.29) is 11.4 Å². The Morgan fingerprint density at radius 1 is 1.21 bits per heavy atom. The average molecular weight is 255 g/mol. The number of rotatable bonds is 2. The number of hydrogen-bond acceptors (Lipinski definition) is 4. The Balaban J connectivity index is 2.11. The maximum absolute atomic E-state index is 10.6. The Bertz CT molecular complexity index is 747. The first-order valence-corrected chi connectivity index (χ1v) is 5.57. The highest BCUT2D eigenvalue weighted by Gasteiger charge is 2.14. The highest BCUT2D eigenvalue weighted by Crippen LogP contribution is 2.30. The molecule has 0 saturated carbocycles. The van der Waals surface area contributed by atoms with Gasteiger partial charge < -0.3 is 10.1 Å². The number of para-hydroxylation sites is 2. The number of benzene rings is 2. The molecule has 3 aromatic rings. The minimum Gasteiger partial charge on any atom is -0.502 e. The Kier molecular flexibility index (Phi) is 2.42. The van der Waals surface area contributed by atoms with Gasteiger partial charge in [-0.05, 0) is 24.3 Å². The quantitative estimate of drug-likeness (QED) is 0.544. The van der Waals surface area contributed by atoms with Gasteiger partial charge in [-0.25, -0.2) is 4.98 Å². The molecule has 94 valence electrons. The third-order valence-corrected chi connectivity index (χ3v) is 2.83. The van der Waals surface area contributed by atoms with Crippen molar-refractivity contribution in [2.75, 3.05) is 0 Å². The van der Waals surface area contributed by atoms with Crippen LogP contribution in [-0.4, -0.2) is 20.0 Å². The van der Waals surface area contributed by atoms with Crippen LogP contribution in [0.3, 0.4) is 0 Å². The molecule has 0 bridgehead atoms. The van der Waals surface area contributed by atoms with E-state index in [9.17, 15) is 15.2 Å². The van der Waals surface area contributed by atoms with Crippen molar-refractivity contribution in [1.29, 1.82) is 0 Å². The predicted molar refractivity (Wildman–Crippen MR) is 69.8 cm³/mol. The summed E-state index contributed by atoms with van der Waals surface area (Å²) in [5.74, 6) is 0.189. The lowest BCUT2D eigenvalue weighted by molar-refractivity contribution is -0.385. The monoisotopic (exact) mass is 255 g/mol. The van der Waals surface area contributed by atoms with Crippen molar-refractivity contribution in [2.45, 2.75) is 0 Å². The van der Waals surface area contributed by atoms with Crippen molar-refractivity contribution in [3.63, 3.8) is 0 Å². The Morgan fingerprint density at radius 3 is 2.68 bits per heavy atom. The maximum atomic E-state index is 10.6. The maximum Gasteiger partial charge on any atom is 0.310 e. The van der Waals surface area contributed by atoms with Gasteiger partial charge in [-0.1, -0.05) is 12.1 Å². The predicted octanol–water partition coefficient (Wildman–Crippen LogP) is 2.84. The number of hydrogen-bond donors (Lipinski definition) is 2. The second-order valence-electron chi connectivity index (χ2n) is 4.06. The minimum atomic E-state index is -0.627. The zero-order chi connectivity index (χ0) is 13.4. The fraction of sp³-hybridized carbons (Fsp3) is 0. The molecule has 19 heavy (non-hydrogen) atoms. The molecular formula is C13H9N3O3. The van der Waals surface area contributed by atoms with Gasteiger partial charge in [-0.15, -0.1) is 0 Å². The topological polar surface area (TPSA) is 92.0 Å². The summed E-state index contributed by atoms with van der Waals surface area (Å²) in [6.07, 6.45) is 0. The van der Waals surface area contributed by atoms with Gasteiger partial charge in [0.15, 0.2) is 5.75 Å². The second-order valence-corrected chi connectivity index (χ2v) is 4.06. The molecule has 1 aromatic heterocycles. The summed E-state index contributed by atoms with van der Waals surface area (Å²) in [5, 5.41) is 20.2. The van der Waals surface area contributed by atoms with Gasteiger partial charge >= 0.3 is 5.69 Å². The van der Waals surface area contributed by atoms with Crippen molar-refractivity contribution in [1.82, 2.24) is 9.97 Å². The van der Waals surface area contributed by atoms with E-state index in [4.69, 9.17) is 0 Å². The smallest absolute Gasteiger partial charge is 0.310 e. The molecule has 2 aromatic carbocycles. The highest BCUT2D eigenvalue weighted by atomic mass is 16.6. The number of aromatic nitrogens is 2. The van der Waals surface area contributed by atoms with E-state index in [0.29, 0.717) is 11.4 Å². The van der Waals surface area contributed by atoms with Crippen LogP contribution in [0.4, 0.5) is 5.69 Å². The number of nitrogens with zero attached hydrogens (tertiary/aromatic N) is 2. The van der Waals surface area contributed by atoms with Gasteiger partial charge in [0.2, 0.25) is 0 Å². The Morgan fingerprint density at radius 2 is 2.00 bits per heavy atom. The van der Waals surface area contributed by atoms with Crippen molar-refractivity contribution < 1.29 is 10.0 Å². The van der Waals surface area contributed by atoms with Gasteiger partial charge in [0.1, 0.15) is 5.82 Å². The number of nitro benzene ring substituents is 1. The molecule has 0 aliphatic heterocycles. The van der Waals surface area contributed by atoms with E-state index in [2.05, 4.69) is 9.97 Å². The number of aromatic hydroxyl groups is 1. The molecule has 0 unspecified atom stereocenters. The number of imidazole rings is 1. The molecule has 0 aliphatic carbocycles. The average Bonchev–Trinajstić information content (AvgIpc) is 2.81. The largest absolute Gasteiger partial charge is 0.502 e. The van der Waals surface area contributed by atoms with E-state index in [1.807, 2.05) is 24.3 Å². The number of phenols is 1. The molecule has 0 spiro atoms. The van der Waals surface area contributed by atoms with Crippen molar-refractivity contribution in [2.24, 2.45) is 0 Å². The van der Waals surface area contributed by atoms with Gasteiger partial charge in [0, 0.05) is 11.6 Å². The third kappa shape index (κ3) is 1.89. The molecule has 2 N–H and O–H groups in total. The van der Waals surface area contributed by atoms with E-state index < -0.39 is 4.92 Å². The van der Waals surface area contributed by atoms with Gasteiger partial charge in [0.05, 0.1) is 16.0 Å². The molecule has 0 radical (unpaired) electrons. The first kappa shape index (κ1) is 11.2. The van der Waals surface area contributed by atoms with Crippen molar-refractivity contribution in [3.05, 3.63) is 52.6 Å². The van der Waals surface area contributed by atoms with Crippen LogP contribution in [0.1, 0.15) is 0 Å². The summed E-state index contributed by atoms with van der Waals surface area (Å²) >= 11 is 0. The Hall–Kier alpha value is -2.89. The highest BCUT2D eigenvalue weighted by molar-refractivity contribution is 5.79. The molecule has 3 rings (SSSR count). The van der Waals surface area contributed by atoms with Gasteiger partial charge in [-0.2, -0.15) is 0 Å². The number of H-pyrrole nitrogens is 1. The van der Waals surface area contributed by atoms with Crippen LogP contribution in [-0.2, 0) is 0 Å². The normalized spacial score (nSPS) is 10.7. The number of nitrogens with one attached hydrogen (secondary N) is 1. The summed E-state index contributed by atoms with van der Waals surface area (Å²) in [6, 6.07) is 11.7.